The fourth-order valence-electron chi connectivity index (χ4n) is 1.54. The van der Waals surface area contributed by atoms with Gasteiger partial charge in [0.15, 0.2) is 5.58 Å². The van der Waals surface area contributed by atoms with Crippen molar-refractivity contribution in [3.63, 3.8) is 0 Å². The molecule has 0 bridgehead atoms. The lowest BCUT2D eigenvalue weighted by atomic mass is 10.3. The average Bonchev–Trinajstić information content (AvgIpc) is 2.75. The van der Waals surface area contributed by atoms with Crippen molar-refractivity contribution in [3.8, 4) is 11.6 Å². The van der Waals surface area contributed by atoms with E-state index in [1.165, 1.54) is 6.07 Å². The second-order valence-electron chi connectivity index (χ2n) is 3.52. The molecule has 0 aliphatic heterocycles. The minimum absolute atomic E-state index is 0.274. The van der Waals surface area contributed by atoms with Gasteiger partial charge < -0.3 is 10.2 Å². The number of fused-ring (bicyclic) bond motifs is 1. The van der Waals surface area contributed by atoms with Crippen molar-refractivity contribution >= 4 is 16.8 Å². The highest BCUT2D eigenvalue weighted by molar-refractivity contribution is 5.86. The maximum Gasteiger partial charge on any atom is 0.264 e. The number of aromatic nitrogens is 3. The molecule has 84 valence electrons. The van der Waals surface area contributed by atoms with Crippen molar-refractivity contribution in [2.45, 2.75) is 0 Å². The molecular weight excluding hydrogens is 220 g/mol. The molecule has 3 N–H and O–H groups in total. The minimum Gasteiger partial charge on any atom is -0.435 e. The van der Waals surface area contributed by atoms with Crippen LogP contribution in [0.3, 0.4) is 0 Å². The van der Waals surface area contributed by atoms with Crippen molar-refractivity contribution in [2.75, 3.05) is 5.73 Å². The topological polar surface area (TPSA) is 97.8 Å². The lowest BCUT2D eigenvalue weighted by Gasteiger charge is -1.90. The average molecular weight is 228 g/mol. The van der Waals surface area contributed by atoms with Crippen LogP contribution in [0.25, 0.3) is 22.7 Å². The Labute approximate surface area is 95.1 Å². The maximum absolute atomic E-state index is 10.9. The number of oxazole rings is 1. The zero-order chi connectivity index (χ0) is 11.8. The number of aromatic amines is 1. The Bertz CT molecular complexity index is 724. The lowest BCUT2D eigenvalue weighted by molar-refractivity contribution is 0.614. The number of para-hydroxylation sites is 1. The Morgan fingerprint density at radius 3 is 2.82 bits per heavy atom. The molecule has 0 radical (unpaired) electrons. The Hall–Kier alpha value is -2.63. The molecule has 6 heteroatoms. The number of nitrogens with zero attached hydrogens (tertiary/aromatic N) is 2. The molecule has 0 spiro atoms. The maximum atomic E-state index is 10.9. The summed E-state index contributed by atoms with van der Waals surface area (Å²) >= 11 is 0. The van der Waals surface area contributed by atoms with Crippen LogP contribution in [0.5, 0.6) is 0 Å². The summed E-state index contributed by atoms with van der Waals surface area (Å²) in [6.07, 6.45) is 0. The van der Waals surface area contributed by atoms with Gasteiger partial charge >= 0.3 is 0 Å². The highest BCUT2D eigenvalue weighted by Gasteiger charge is 2.10. The number of H-pyrrole nitrogens is 1. The second kappa shape index (κ2) is 3.44. The van der Waals surface area contributed by atoms with Gasteiger partial charge in [0.25, 0.3) is 5.56 Å². The van der Waals surface area contributed by atoms with E-state index in [1.807, 2.05) is 0 Å². The molecule has 0 amide bonds. The Kier molecular flexibility index (Phi) is 1.94. The normalized spacial score (nSPS) is 10.8. The van der Waals surface area contributed by atoms with Gasteiger partial charge in [-0.1, -0.05) is 6.07 Å². The summed E-state index contributed by atoms with van der Waals surface area (Å²) in [6.45, 7) is 0. The van der Waals surface area contributed by atoms with E-state index in [1.54, 1.807) is 24.3 Å². The summed E-state index contributed by atoms with van der Waals surface area (Å²) in [5.74, 6) is 0.328. The SMILES string of the molecule is Nc1cccc2oc(-c3ccc(=O)[nH]n3)nc12. The monoisotopic (exact) mass is 228 g/mol. The van der Waals surface area contributed by atoms with Crippen molar-refractivity contribution in [1.29, 1.82) is 0 Å². The molecule has 2 heterocycles. The van der Waals surface area contributed by atoms with Gasteiger partial charge in [0.2, 0.25) is 5.89 Å². The van der Waals surface area contributed by atoms with E-state index < -0.39 is 0 Å². The highest BCUT2D eigenvalue weighted by atomic mass is 16.3. The smallest absolute Gasteiger partial charge is 0.264 e. The molecule has 0 unspecified atom stereocenters. The van der Waals surface area contributed by atoms with Crippen LogP contribution in [0.15, 0.2) is 39.5 Å². The zero-order valence-corrected chi connectivity index (χ0v) is 8.68. The van der Waals surface area contributed by atoms with Crippen LogP contribution in [-0.2, 0) is 0 Å². The molecular formula is C11H8N4O2. The van der Waals surface area contributed by atoms with Crippen LogP contribution in [0.1, 0.15) is 0 Å². The van der Waals surface area contributed by atoms with E-state index in [0.717, 1.165) is 0 Å². The Morgan fingerprint density at radius 1 is 1.24 bits per heavy atom. The van der Waals surface area contributed by atoms with Gasteiger partial charge in [-0.25, -0.2) is 10.1 Å². The van der Waals surface area contributed by atoms with Gasteiger partial charge in [0, 0.05) is 6.07 Å². The number of anilines is 1. The number of rotatable bonds is 1. The van der Waals surface area contributed by atoms with Crippen molar-refractivity contribution in [2.24, 2.45) is 0 Å². The van der Waals surface area contributed by atoms with Crippen molar-refractivity contribution < 1.29 is 4.42 Å². The number of nitrogens with one attached hydrogen (secondary N) is 1. The van der Waals surface area contributed by atoms with E-state index in [2.05, 4.69) is 15.2 Å². The molecule has 1 aromatic carbocycles. The molecule has 3 aromatic rings. The number of nitrogens with two attached hydrogens (primary N) is 1. The van der Waals surface area contributed by atoms with Crippen molar-refractivity contribution in [3.05, 3.63) is 40.7 Å². The summed E-state index contributed by atoms with van der Waals surface area (Å²) in [5, 5.41) is 6.16. The molecule has 0 fully saturated rings. The predicted molar refractivity (Wildman–Crippen MR) is 62.3 cm³/mol. The largest absolute Gasteiger partial charge is 0.435 e. The third-order valence-corrected chi connectivity index (χ3v) is 2.35. The van der Waals surface area contributed by atoms with Crippen LogP contribution in [0, 0.1) is 0 Å². The van der Waals surface area contributed by atoms with Crippen LogP contribution in [0.2, 0.25) is 0 Å². The lowest BCUT2D eigenvalue weighted by Crippen LogP contribution is -2.05. The first-order valence-corrected chi connectivity index (χ1v) is 4.95. The molecule has 17 heavy (non-hydrogen) atoms. The van der Waals surface area contributed by atoms with Crippen LogP contribution >= 0.6 is 0 Å². The van der Waals surface area contributed by atoms with E-state index >= 15 is 0 Å². The van der Waals surface area contributed by atoms with Gasteiger partial charge in [-0.05, 0) is 18.2 Å². The first-order chi connectivity index (χ1) is 8.24. The van der Waals surface area contributed by atoms with Crippen LogP contribution in [-0.4, -0.2) is 15.2 Å². The fraction of sp³-hybridized carbons (Fsp3) is 0. The fourth-order valence-corrected chi connectivity index (χ4v) is 1.54. The summed E-state index contributed by atoms with van der Waals surface area (Å²) < 4.78 is 5.50. The molecule has 3 rings (SSSR count). The molecule has 6 nitrogen and oxygen atoms in total. The number of hydrogen-bond donors (Lipinski definition) is 2. The van der Waals surface area contributed by atoms with E-state index in [9.17, 15) is 4.79 Å². The van der Waals surface area contributed by atoms with Gasteiger partial charge in [-0.15, -0.1) is 0 Å². The van der Waals surface area contributed by atoms with Crippen LogP contribution < -0.4 is 11.3 Å². The first-order valence-electron chi connectivity index (χ1n) is 4.95. The predicted octanol–water partition coefficient (Wildman–Crippen LogP) is 1.16. The van der Waals surface area contributed by atoms with Gasteiger partial charge in [-0.3, -0.25) is 4.79 Å². The molecule has 0 saturated heterocycles. The molecule has 0 aliphatic carbocycles. The van der Waals surface area contributed by atoms with Gasteiger partial charge in [0.1, 0.15) is 11.2 Å². The summed E-state index contributed by atoms with van der Waals surface area (Å²) in [5.41, 5.74) is 7.68. The third kappa shape index (κ3) is 1.55. The summed E-state index contributed by atoms with van der Waals surface area (Å²) in [6, 6.07) is 8.20. The molecule has 0 saturated carbocycles. The number of nitrogen functional groups attached to an aromatic ring is 1. The zero-order valence-electron chi connectivity index (χ0n) is 8.68. The quantitative estimate of drug-likeness (QED) is 0.609. The molecule has 0 atom stereocenters. The molecule has 0 aliphatic rings. The van der Waals surface area contributed by atoms with E-state index in [0.29, 0.717) is 28.4 Å². The van der Waals surface area contributed by atoms with E-state index in [-0.39, 0.29) is 5.56 Å². The number of benzene rings is 1. The van der Waals surface area contributed by atoms with E-state index in [4.69, 9.17) is 10.2 Å². The number of hydrogen-bond acceptors (Lipinski definition) is 5. The van der Waals surface area contributed by atoms with Gasteiger partial charge in [0.05, 0.1) is 5.69 Å². The molecule has 2 aromatic heterocycles. The highest BCUT2D eigenvalue weighted by Crippen LogP contribution is 2.25. The van der Waals surface area contributed by atoms with Crippen LogP contribution in [0.4, 0.5) is 5.69 Å². The standard InChI is InChI=1S/C11H8N4O2/c12-6-2-1-3-8-10(6)13-11(17-8)7-4-5-9(16)15-14-7/h1-5H,12H2,(H,15,16). The second-order valence-corrected chi connectivity index (χ2v) is 3.52. The van der Waals surface area contributed by atoms with Crippen molar-refractivity contribution in [1.82, 2.24) is 15.2 Å². The Balaban J connectivity index is 2.21. The third-order valence-electron chi connectivity index (χ3n) is 2.35. The summed E-state index contributed by atoms with van der Waals surface area (Å²) in [4.78, 5) is 15.1. The Morgan fingerprint density at radius 2 is 2.12 bits per heavy atom. The first kappa shape index (κ1) is 9.59. The minimum atomic E-state index is -0.274. The summed E-state index contributed by atoms with van der Waals surface area (Å²) in [7, 11) is 0. The van der Waals surface area contributed by atoms with Gasteiger partial charge in [-0.2, -0.15) is 5.10 Å².